The average molecular weight is 283 g/mol. The highest BCUT2D eigenvalue weighted by molar-refractivity contribution is 8.00. The van der Waals surface area contributed by atoms with Gasteiger partial charge in [-0.1, -0.05) is 0 Å². The molecular formula is C12H13NO5S. The molecule has 6 nitrogen and oxygen atoms in total. The predicted octanol–water partition coefficient (Wildman–Crippen LogP) is 0.795. The van der Waals surface area contributed by atoms with E-state index < -0.39 is 11.9 Å². The Morgan fingerprint density at radius 1 is 1.58 bits per heavy atom. The third-order valence-electron chi connectivity index (χ3n) is 2.59. The van der Waals surface area contributed by atoms with E-state index in [1.165, 1.54) is 17.9 Å². The summed E-state index contributed by atoms with van der Waals surface area (Å²) in [6.07, 6.45) is 4.72. The molecule has 102 valence electrons. The number of carbonyl (C=O) groups excluding carboxylic acids is 3. The molecule has 0 N–H and O–H groups in total. The fourth-order valence-electron chi connectivity index (χ4n) is 1.70. The lowest BCUT2D eigenvalue weighted by atomic mass is 10.1. The van der Waals surface area contributed by atoms with Crippen LogP contribution in [0.2, 0.25) is 0 Å². The zero-order valence-electron chi connectivity index (χ0n) is 10.3. The van der Waals surface area contributed by atoms with Gasteiger partial charge in [0.25, 0.3) is 0 Å². The highest BCUT2D eigenvalue weighted by Crippen LogP contribution is 2.37. The van der Waals surface area contributed by atoms with Gasteiger partial charge in [-0.2, -0.15) is 0 Å². The van der Waals surface area contributed by atoms with Crippen LogP contribution < -0.4 is 0 Å². The molecule has 0 aliphatic carbocycles. The van der Waals surface area contributed by atoms with E-state index in [1.54, 1.807) is 17.8 Å². The van der Waals surface area contributed by atoms with Crippen molar-refractivity contribution in [2.24, 2.45) is 0 Å². The highest BCUT2D eigenvalue weighted by atomic mass is 32.2. The second kappa shape index (κ2) is 5.92. The van der Waals surface area contributed by atoms with Crippen molar-refractivity contribution in [1.82, 2.24) is 4.90 Å². The van der Waals surface area contributed by atoms with Crippen molar-refractivity contribution in [3.05, 3.63) is 24.1 Å². The molecule has 0 aromatic heterocycles. The van der Waals surface area contributed by atoms with Gasteiger partial charge in [-0.3, -0.25) is 14.5 Å². The summed E-state index contributed by atoms with van der Waals surface area (Å²) in [6.45, 7) is 1.34. The second-order valence-electron chi connectivity index (χ2n) is 3.92. The standard InChI is InChI=1S/C12H13NO5S/c1-8(14)17-4-2-5-18-12(16)9-3-6-19-11-7-10(15)13(9)11/h2-3,5,11H,4,6-7H2,1H3/b5-2-/t11-/m1/s1. The van der Waals surface area contributed by atoms with Gasteiger partial charge in [-0.05, 0) is 12.2 Å². The first-order valence-corrected chi connectivity index (χ1v) is 6.77. The van der Waals surface area contributed by atoms with E-state index in [-0.39, 0.29) is 23.6 Å². The fourth-order valence-corrected chi connectivity index (χ4v) is 2.82. The number of ether oxygens (including phenoxy) is 2. The number of hydrogen-bond acceptors (Lipinski definition) is 6. The molecule has 2 heterocycles. The summed E-state index contributed by atoms with van der Waals surface area (Å²) in [4.78, 5) is 35.1. The van der Waals surface area contributed by atoms with Gasteiger partial charge in [0.15, 0.2) is 0 Å². The van der Waals surface area contributed by atoms with Crippen LogP contribution in [0.4, 0.5) is 0 Å². The van der Waals surface area contributed by atoms with E-state index >= 15 is 0 Å². The molecule has 2 aliphatic rings. The molecule has 0 bridgehead atoms. The summed E-state index contributed by atoms with van der Waals surface area (Å²) in [7, 11) is 0. The summed E-state index contributed by atoms with van der Waals surface area (Å²) < 4.78 is 9.52. The van der Waals surface area contributed by atoms with E-state index in [2.05, 4.69) is 4.74 Å². The minimum atomic E-state index is -0.572. The van der Waals surface area contributed by atoms with Crippen molar-refractivity contribution in [1.29, 1.82) is 0 Å². The third kappa shape index (κ3) is 3.17. The molecule has 1 fully saturated rings. The van der Waals surface area contributed by atoms with Gasteiger partial charge >= 0.3 is 11.9 Å². The molecule has 0 aromatic carbocycles. The molecule has 0 unspecified atom stereocenters. The summed E-state index contributed by atoms with van der Waals surface area (Å²) in [5.74, 6) is -0.352. The molecule has 1 atom stereocenters. The number of β-lactam (4-membered cyclic amide) rings is 1. The minimum Gasteiger partial charge on any atom is -0.462 e. The Balaban J connectivity index is 1.84. The summed E-state index contributed by atoms with van der Waals surface area (Å²) >= 11 is 1.62. The molecule has 1 amide bonds. The predicted molar refractivity (Wildman–Crippen MR) is 67.7 cm³/mol. The van der Waals surface area contributed by atoms with Crippen molar-refractivity contribution < 1.29 is 23.9 Å². The number of nitrogens with zero attached hydrogens (tertiary/aromatic N) is 1. The lowest BCUT2D eigenvalue weighted by Crippen LogP contribution is -2.53. The van der Waals surface area contributed by atoms with Gasteiger partial charge in [0, 0.05) is 12.7 Å². The lowest BCUT2D eigenvalue weighted by molar-refractivity contribution is -0.146. The highest BCUT2D eigenvalue weighted by Gasteiger charge is 2.43. The smallest absolute Gasteiger partial charge is 0.359 e. The first-order valence-electron chi connectivity index (χ1n) is 5.73. The van der Waals surface area contributed by atoms with Gasteiger partial charge in [0.1, 0.15) is 12.3 Å². The van der Waals surface area contributed by atoms with Crippen LogP contribution in [-0.2, 0) is 23.9 Å². The number of fused-ring (bicyclic) bond motifs is 1. The SMILES string of the molecule is CC(=O)OC/C=C\OC(=O)C1=CCS[C@@H]2CC(=O)N12. The van der Waals surface area contributed by atoms with Crippen molar-refractivity contribution in [2.45, 2.75) is 18.7 Å². The maximum absolute atomic E-state index is 11.8. The van der Waals surface area contributed by atoms with E-state index in [9.17, 15) is 14.4 Å². The zero-order chi connectivity index (χ0) is 13.8. The van der Waals surface area contributed by atoms with Gasteiger partial charge in [-0.15, -0.1) is 11.8 Å². The van der Waals surface area contributed by atoms with Crippen molar-refractivity contribution in [3.63, 3.8) is 0 Å². The summed E-state index contributed by atoms with van der Waals surface area (Å²) in [5, 5.41) is 0.0603. The Morgan fingerprint density at radius 3 is 3.05 bits per heavy atom. The van der Waals surface area contributed by atoms with Crippen molar-refractivity contribution in [2.75, 3.05) is 12.4 Å². The number of rotatable bonds is 4. The maximum Gasteiger partial charge on any atom is 0.359 e. The van der Waals surface area contributed by atoms with Crippen LogP contribution in [0, 0.1) is 0 Å². The Morgan fingerprint density at radius 2 is 2.37 bits per heavy atom. The number of hydrogen-bond donors (Lipinski definition) is 0. The van der Waals surface area contributed by atoms with Crippen LogP contribution in [0.25, 0.3) is 0 Å². The van der Waals surface area contributed by atoms with E-state index in [0.717, 1.165) is 6.26 Å². The number of carbonyl (C=O) groups is 3. The van der Waals surface area contributed by atoms with E-state index in [4.69, 9.17) is 4.74 Å². The Labute approximate surface area is 114 Å². The molecule has 2 aliphatic heterocycles. The lowest BCUT2D eigenvalue weighted by Gasteiger charge is -2.42. The van der Waals surface area contributed by atoms with Crippen molar-refractivity contribution in [3.8, 4) is 0 Å². The zero-order valence-corrected chi connectivity index (χ0v) is 11.1. The molecule has 0 spiro atoms. The molecule has 19 heavy (non-hydrogen) atoms. The monoisotopic (exact) mass is 283 g/mol. The number of amides is 1. The first kappa shape index (κ1) is 13.7. The quantitative estimate of drug-likeness (QED) is 0.431. The molecule has 0 aromatic rings. The topological polar surface area (TPSA) is 72.9 Å². The van der Waals surface area contributed by atoms with Crippen LogP contribution in [0.1, 0.15) is 13.3 Å². The van der Waals surface area contributed by atoms with Gasteiger partial charge in [-0.25, -0.2) is 4.79 Å². The molecule has 7 heteroatoms. The average Bonchev–Trinajstić information content (AvgIpc) is 2.35. The van der Waals surface area contributed by atoms with Gasteiger partial charge < -0.3 is 9.47 Å². The molecular weight excluding hydrogens is 270 g/mol. The van der Waals surface area contributed by atoms with Crippen LogP contribution in [0.15, 0.2) is 24.1 Å². The van der Waals surface area contributed by atoms with Gasteiger partial charge in [0.2, 0.25) is 5.91 Å². The molecule has 0 saturated carbocycles. The second-order valence-corrected chi connectivity index (χ2v) is 5.14. The van der Waals surface area contributed by atoms with Crippen LogP contribution in [-0.4, -0.2) is 40.5 Å². The first-order chi connectivity index (χ1) is 9.09. The Hall–Kier alpha value is -1.76. The molecule has 2 rings (SSSR count). The van der Waals surface area contributed by atoms with Crippen LogP contribution in [0.3, 0.4) is 0 Å². The van der Waals surface area contributed by atoms with E-state index in [1.807, 2.05) is 0 Å². The van der Waals surface area contributed by atoms with E-state index in [0.29, 0.717) is 12.2 Å². The third-order valence-corrected chi connectivity index (χ3v) is 3.72. The minimum absolute atomic E-state index is 0.0444. The van der Waals surface area contributed by atoms with Crippen LogP contribution in [0.5, 0.6) is 0 Å². The fraction of sp³-hybridized carbons (Fsp3) is 0.417. The largest absolute Gasteiger partial charge is 0.462 e. The van der Waals surface area contributed by atoms with Crippen LogP contribution >= 0.6 is 11.8 Å². The number of thioether (sulfide) groups is 1. The summed E-state index contributed by atoms with van der Waals surface area (Å²) in [6, 6.07) is 0. The van der Waals surface area contributed by atoms with Crippen molar-refractivity contribution >= 4 is 29.6 Å². The Kier molecular flexibility index (Phi) is 4.26. The molecule has 1 saturated heterocycles. The Bertz CT molecular complexity index is 471. The normalized spacial score (nSPS) is 21.5. The molecule has 0 radical (unpaired) electrons. The number of esters is 2. The van der Waals surface area contributed by atoms with Gasteiger partial charge in [0.05, 0.1) is 18.1 Å². The maximum atomic E-state index is 11.8. The summed E-state index contributed by atoms with van der Waals surface area (Å²) in [5.41, 5.74) is 0.289.